The lowest BCUT2D eigenvalue weighted by Crippen LogP contribution is -2.21. The molecule has 0 saturated carbocycles. The zero-order valence-corrected chi connectivity index (χ0v) is 7.24. The number of rotatable bonds is 1. The van der Waals surface area contributed by atoms with Crippen molar-refractivity contribution in [2.24, 2.45) is 5.73 Å². The summed E-state index contributed by atoms with van der Waals surface area (Å²) in [4.78, 5) is 15.7. The van der Waals surface area contributed by atoms with Crippen LogP contribution in [0.5, 0.6) is 0 Å². The third kappa shape index (κ3) is 1.05. The molecule has 0 fully saturated rings. The second-order valence-electron chi connectivity index (χ2n) is 2.91. The maximum atomic E-state index is 11.6. The molecule has 5 nitrogen and oxygen atoms in total. The molecule has 0 aliphatic rings. The van der Waals surface area contributed by atoms with Crippen molar-refractivity contribution >= 4 is 5.65 Å². The van der Waals surface area contributed by atoms with Crippen LogP contribution in [-0.4, -0.2) is 14.6 Å². The molecule has 13 heavy (non-hydrogen) atoms. The van der Waals surface area contributed by atoms with Crippen molar-refractivity contribution in [1.82, 2.24) is 14.6 Å². The minimum absolute atomic E-state index is 0.124. The summed E-state index contributed by atoms with van der Waals surface area (Å²) in [6.07, 6.45) is 3.27. The average molecular weight is 178 g/mol. The van der Waals surface area contributed by atoms with Crippen LogP contribution in [0.3, 0.4) is 0 Å². The lowest BCUT2D eigenvalue weighted by molar-refractivity contribution is 0.860. The van der Waals surface area contributed by atoms with Crippen LogP contribution in [0.4, 0.5) is 0 Å². The molecular formula is C8H10N4O. The van der Waals surface area contributed by atoms with E-state index in [0.29, 0.717) is 11.2 Å². The Labute approximate surface area is 74.2 Å². The highest BCUT2D eigenvalue weighted by atomic mass is 16.1. The van der Waals surface area contributed by atoms with Crippen molar-refractivity contribution in [3.8, 4) is 0 Å². The van der Waals surface area contributed by atoms with E-state index in [0.717, 1.165) is 5.56 Å². The third-order valence-corrected chi connectivity index (χ3v) is 2.02. The van der Waals surface area contributed by atoms with E-state index >= 15 is 0 Å². The Morgan fingerprint density at radius 2 is 2.46 bits per heavy atom. The van der Waals surface area contributed by atoms with E-state index < -0.39 is 0 Å². The molecule has 0 aliphatic carbocycles. The average Bonchev–Trinajstić information content (AvgIpc) is 2.50. The van der Waals surface area contributed by atoms with Crippen LogP contribution in [0.25, 0.3) is 5.65 Å². The lowest BCUT2D eigenvalue weighted by atomic mass is 10.3. The van der Waals surface area contributed by atoms with Crippen LogP contribution < -0.4 is 11.3 Å². The van der Waals surface area contributed by atoms with Gasteiger partial charge < -0.3 is 5.73 Å². The van der Waals surface area contributed by atoms with Gasteiger partial charge in [-0.3, -0.25) is 9.89 Å². The fourth-order valence-corrected chi connectivity index (χ4v) is 1.26. The third-order valence-electron chi connectivity index (χ3n) is 2.02. The van der Waals surface area contributed by atoms with E-state index in [-0.39, 0.29) is 12.1 Å². The van der Waals surface area contributed by atoms with E-state index in [2.05, 4.69) is 10.1 Å². The summed E-state index contributed by atoms with van der Waals surface area (Å²) < 4.78 is 1.40. The summed E-state index contributed by atoms with van der Waals surface area (Å²) in [5.74, 6) is 0. The van der Waals surface area contributed by atoms with Crippen LogP contribution in [0.1, 0.15) is 11.1 Å². The summed E-state index contributed by atoms with van der Waals surface area (Å²) in [7, 11) is 0. The molecule has 2 rings (SSSR count). The zero-order chi connectivity index (χ0) is 9.42. The second kappa shape index (κ2) is 2.70. The number of aromatic nitrogens is 3. The first-order valence-corrected chi connectivity index (χ1v) is 3.98. The quantitative estimate of drug-likeness (QED) is 0.634. The summed E-state index contributed by atoms with van der Waals surface area (Å²) in [5.41, 5.74) is 7.37. The predicted octanol–water partition coefficient (Wildman–Crippen LogP) is -0.210. The lowest BCUT2D eigenvalue weighted by Gasteiger charge is -1.96. The van der Waals surface area contributed by atoms with Gasteiger partial charge in [-0.15, -0.1) is 0 Å². The normalized spacial score (nSPS) is 10.9. The number of fused-ring (bicyclic) bond motifs is 1. The number of hydrogen-bond acceptors (Lipinski definition) is 3. The van der Waals surface area contributed by atoms with Gasteiger partial charge in [0.1, 0.15) is 0 Å². The van der Waals surface area contributed by atoms with Crippen LogP contribution >= 0.6 is 0 Å². The SMILES string of the molecule is Cc1c[nH]n2c(=O)c(CN)cnc12. The van der Waals surface area contributed by atoms with Gasteiger partial charge >= 0.3 is 0 Å². The number of nitrogens with zero attached hydrogens (tertiary/aromatic N) is 2. The highest BCUT2D eigenvalue weighted by molar-refractivity contribution is 5.45. The summed E-state index contributed by atoms with van der Waals surface area (Å²) in [6.45, 7) is 2.10. The van der Waals surface area contributed by atoms with E-state index in [1.807, 2.05) is 6.92 Å². The topological polar surface area (TPSA) is 76.2 Å². The maximum Gasteiger partial charge on any atom is 0.277 e. The van der Waals surface area contributed by atoms with E-state index in [9.17, 15) is 4.79 Å². The van der Waals surface area contributed by atoms with Gasteiger partial charge in [0.2, 0.25) is 0 Å². The Kier molecular flexibility index (Phi) is 1.66. The summed E-state index contributed by atoms with van der Waals surface area (Å²) in [6, 6.07) is 0. The number of nitrogens with two attached hydrogens (primary N) is 1. The Hall–Kier alpha value is -1.62. The number of hydrogen-bond donors (Lipinski definition) is 2. The van der Waals surface area contributed by atoms with Crippen molar-refractivity contribution in [3.05, 3.63) is 33.9 Å². The Morgan fingerprint density at radius 3 is 3.15 bits per heavy atom. The minimum atomic E-state index is -0.124. The molecule has 0 amide bonds. The first-order chi connectivity index (χ1) is 6.24. The Morgan fingerprint density at radius 1 is 1.69 bits per heavy atom. The first-order valence-electron chi connectivity index (χ1n) is 3.98. The number of aryl methyl sites for hydroxylation is 1. The summed E-state index contributed by atoms with van der Waals surface area (Å²) in [5, 5.41) is 2.82. The fraction of sp³-hybridized carbons (Fsp3) is 0.250. The van der Waals surface area contributed by atoms with Crippen molar-refractivity contribution in [2.45, 2.75) is 13.5 Å². The predicted molar refractivity (Wildman–Crippen MR) is 48.4 cm³/mol. The van der Waals surface area contributed by atoms with Gasteiger partial charge in [0.25, 0.3) is 5.56 Å². The van der Waals surface area contributed by atoms with Crippen LogP contribution in [0, 0.1) is 6.92 Å². The van der Waals surface area contributed by atoms with Crippen LogP contribution in [0.2, 0.25) is 0 Å². The molecule has 0 aromatic carbocycles. The smallest absolute Gasteiger partial charge is 0.277 e. The molecule has 0 bridgehead atoms. The van der Waals surface area contributed by atoms with Crippen LogP contribution in [-0.2, 0) is 6.54 Å². The number of aromatic amines is 1. The molecule has 0 saturated heterocycles. The minimum Gasteiger partial charge on any atom is -0.326 e. The Balaban J connectivity index is 2.88. The highest BCUT2D eigenvalue weighted by Gasteiger charge is 2.05. The molecular weight excluding hydrogens is 168 g/mol. The molecule has 0 atom stereocenters. The Bertz CT molecular complexity index is 496. The first kappa shape index (κ1) is 8.00. The molecule has 0 aliphatic heterocycles. The molecule has 2 aromatic heterocycles. The van der Waals surface area contributed by atoms with Crippen LogP contribution in [0.15, 0.2) is 17.2 Å². The molecule has 3 N–H and O–H groups in total. The van der Waals surface area contributed by atoms with E-state index in [1.54, 1.807) is 6.20 Å². The van der Waals surface area contributed by atoms with Crippen molar-refractivity contribution in [1.29, 1.82) is 0 Å². The van der Waals surface area contributed by atoms with Gasteiger partial charge in [0.05, 0.1) is 5.56 Å². The van der Waals surface area contributed by atoms with E-state index in [1.165, 1.54) is 10.7 Å². The zero-order valence-electron chi connectivity index (χ0n) is 7.24. The van der Waals surface area contributed by atoms with E-state index in [4.69, 9.17) is 5.73 Å². The van der Waals surface area contributed by atoms with Gasteiger partial charge in [0, 0.05) is 24.5 Å². The molecule has 68 valence electrons. The molecule has 0 radical (unpaired) electrons. The monoisotopic (exact) mass is 178 g/mol. The van der Waals surface area contributed by atoms with Crippen molar-refractivity contribution in [3.63, 3.8) is 0 Å². The van der Waals surface area contributed by atoms with Gasteiger partial charge in [-0.2, -0.15) is 0 Å². The largest absolute Gasteiger partial charge is 0.326 e. The molecule has 2 heterocycles. The van der Waals surface area contributed by atoms with Gasteiger partial charge in [-0.25, -0.2) is 9.50 Å². The van der Waals surface area contributed by atoms with Crippen molar-refractivity contribution in [2.75, 3.05) is 0 Å². The van der Waals surface area contributed by atoms with Gasteiger partial charge in [0.15, 0.2) is 5.65 Å². The fourth-order valence-electron chi connectivity index (χ4n) is 1.26. The molecule has 2 aromatic rings. The van der Waals surface area contributed by atoms with Crippen molar-refractivity contribution < 1.29 is 0 Å². The molecule has 0 spiro atoms. The van der Waals surface area contributed by atoms with Gasteiger partial charge in [-0.05, 0) is 6.92 Å². The number of H-pyrrole nitrogens is 1. The summed E-state index contributed by atoms with van der Waals surface area (Å²) >= 11 is 0. The standard InChI is InChI=1S/C8H10N4O/c1-5-3-11-12-7(5)10-4-6(2-9)8(12)13/h3-4,11H,2,9H2,1H3. The highest BCUT2D eigenvalue weighted by Crippen LogP contribution is 2.02. The molecule has 5 heteroatoms. The van der Waals surface area contributed by atoms with Gasteiger partial charge in [-0.1, -0.05) is 0 Å². The number of nitrogens with one attached hydrogen (secondary N) is 1. The molecule has 0 unspecified atom stereocenters. The second-order valence-corrected chi connectivity index (χ2v) is 2.91. The maximum absolute atomic E-state index is 11.6.